The van der Waals surface area contributed by atoms with Gasteiger partial charge < -0.3 is 9.47 Å². The second kappa shape index (κ2) is 8.02. The lowest BCUT2D eigenvalue weighted by Gasteiger charge is -2.33. The number of esters is 2. The predicted molar refractivity (Wildman–Crippen MR) is 106 cm³/mol. The van der Waals surface area contributed by atoms with E-state index in [2.05, 4.69) is 11.6 Å². The van der Waals surface area contributed by atoms with Crippen molar-refractivity contribution in [3.05, 3.63) is 59.3 Å². The van der Waals surface area contributed by atoms with Crippen molar-refractivity contribution in [2.45, 2.75) is 25.1 Å². The molecule has 3 rings (SSSR count). The zero-order valence-electron chi connectivity index (χ0n) is 15.8. The number of methoxy groups -OCH3 is 1. The molecular weight excluding hydrogens is 380 g/mol. The lowest BCUT2D eigenvalue weighted by molar-refractivity contribution is -0.139. The van der Waals surface area contributed by atoms with Crippen molar-refractivity contribution in [1.82, 2.24) is 4.90 Å². The third kappa shape index (κ3) is 3.47. The van der Waals surface area contributed by atoms with E-state index in [1.807, 2.05) is 0 Å². The third-order valence-electron chi connectivity index (χ3n) is 4.46. The van der Waals surface area contributed by atoms with Gasteiger partial charge in [0.25, 0.3) is 0 Å². The summed E-state index contributed by atoms with van der Waals surface area (Å²) >= 11 is 1.35. The van der Waals surface area contributed by atoms with Crippen molar-refractivity contribution in [1.29, 1.82) is 0 Å². The van der Waals surface area contributed by atoms with E-state index in [-0.39, 0.29) is 17.8 Å². The van der Waals surface area contributed by atoms with Crippen LogP contribution in [-0.2, 0) is 19.1 Å². The number of thioether (sulfide) groups is 1. The second-order valence-electron chi connectivity index (χ2n) is 6.27. The Morgan fingerprint density at radius 2 is 1.96 bits per heavy atom. The Bertz CT molecular complexity index is 904. The molecule has 146 valence electrons. The minimum absolute atomic E-state index is 0.0548. The molecule has 1 aromatic rings. The lowest BCUT2D eigenvalue weighted by Crippen LogP contribution is -2.40. The maximum Gasteiger partial charge on any atom is 0.338 e. The Kier molecular flexibility index (Phi) is 5.69. The molecule has 0 bridgehead atoms. The highest BCUT2D eigenvalue weighted by atomic mass is 32.2. The van der Waals surface area contributed by atoms with Crippen LogP contribution in [0.5, 0.6) is 0 Å². The zero-order chi connectivity index (χ0) is 20.4. The first-order valence-corrected chi connectivity index (χ1v) is 9.52. The van der Waals surface area contributed by atoms with Crippen LogP contribution in [-0.4, -0.2) is 46.9 Å². The van der Waals surface area contributed by atoms with E-state index >= 15 is 0 Å². The number of nitrogens with zero attached hydrogens (tertiary/aromatic N) is 2. The predicted octanol–water partition coefficient (Wildman–Crippen LogP) is 2.85. The Hall–Kier alpha value is -2.87. The molecule has 1 amide bonds. The standard InChI is InChI=1S/C20H20N2O5S/c1-5-10-27-19(25)15-11(2)21-20-22(17(23)12(3)28-20)16(15)13-6-8-14(9-7-13)18(24)26-4/h5-9,12,16H,1,10H2,2-4H3. The molecular formula is C20H20N2O5S. The normalized spacial score (nSPS) is 21.2. The van der Waals surface area contributed by atoms with Crippen molar-refractivity contribution >= 4 is 34.8 Å². The first-order chi connectivity index (χ1) is 13.4. The number of benzene rings is 1. The highest BCUT2D eigenvalue weighted by Crippen LogP contribution is 2.43. The summed E-state index contributed by atoms with van der Waals surface area (Å²) in [5, 5.41) is 0.254. The first kappa shape index (κ1) is 19.9. The van der Waals surface area contributed by atoms with Gasteiger partial charge in [0.1, 0.15) is 6.61 Å². The molecule has 0 radical (unpaired) electrons. The summed E-state index contributed by atoms with van der Waals surface area (Å²) in [5.41, 5.74) is 1.84. The van der Waals surface area contributed by atoms with Gasteiger partial charge in [-0.3, -0.25) is 9.69 Å². The Morgan fingerprint density at radius 1 is 1.29 bits per heavy atom. The molecule has 1 fully saturated rings. The maximum absolute atomic E-state index is 12.8. The summed E-state index contributed by atoms with van der Waals surface area (Å²) < 4.78 is 9.96. The molecule has 0 aromatic heterocycles. The van der Waals surface area contributed by atoms with Crippen molar-refractivity contribution in [2.24, 2.45) is 4.99 Å². The van der Waals surface area contributed by atoms with Crippen molar-refractivity contribution in [3.63, 3.8) is 0 Å². The van der Waals surface area contributed by atoms with Gasteiger partial charge in [0.2, 0.25) is 5.91 Å². The molecule has 2 aliphatic heterocycles. The van der Waals surface area contributed by atoms with Gasteiger partial charge in [-0.2, -0.15) is 0 Å². The number of ether oxygens (including phenoxy) is 2. The number of allylic oxidation sites excluding steroid dienone is 1. The molecule has 2 atom stereocenters. The Labute approximate surface area is 167 Å². The fourth-order valence-corrected chi connectivity index (χ4v) is 4.14. The maximum atomic E-state index is 12.8. The van der Waals surface area contributed by atoms with Crippen LogP contribution in [0.15, 0.2) is 53.2 Å². The van der Waals surface area contributed by atoms with Crippen LogP contribution in [0.1, 0.15) is 35.8 Å². The minimum atomic E-state index is -0.679. The van der Waals surface area contributed by atoms with Crippen LogP contribution in [0, 0.1) is 0 Å². The number of hydrogen-bond donors (Lipinski definition) is 0. The third-order valence-corrected chi connectivity index (χ3v) is 5.51. The van der Waals surface area contributed by atoms with Gasteiger partial charge in [0.15, 0.2) is 5.17 Å². The molecule has 2 aliphatic rings. The fourth-order valence-electron chi connectivity index (χ4n) is 3.11. The van der Waals surface area contributed by atoms with Crippen LogP contribution < -0.4 is 0 Å². The number of rotatable bonds is 5. The van der Waals surface area contributed by atoms with Gasteiger partial charge in [-0.25, -0.2) is 14.6 Å². The summed E-state index contributed by atoms with van der Waals surface area (Å²) in [5.74, 6) is -1.15. The molecule has 0 saturated carbocycles. The van der Waals surface area contributed by atoms with Gasteiger partial charge in [0, 0.05) is 0 Å². The smallest absolute Gasteiger partial charge is 0.338 e. The summed E-state index contributed by atoms with van der Waals surface area (Å²) in [6.45, 7) is 7.13. The van der Waals surface area contributed by atoms with E-state index in [1.165, 1.54) is 29.8 Å². The van der Waals surface area contributed by atoms with Gasteiger partial charge in [-0.1, -0.05) is 36.5 Å². The number of fused-ring (bicyclic) bond motifs is 1. The molecule has 2 unspecified atom stereocenters. The topological polar surface area (TPSA) is 85.3 Å². The summed E-state index contributed by atoms with van der Waals surface area (Å²) in [6, 6.07) is 5.93. The van der Waals surface area contributed by atoms with Crippen molar-refractivity contribution < 1.29 is 23.9 Å². The monoisotopic (exact) mass is 400 g/mol. The van der Waals surface area contributed by atoms with E-state index in [4.69, 9.17) is 9.47 Å². The van der Waals surface area contributed by atoms with Gasteiger partial charge in [0.05, 0.1) is 35.2 Å². The van der Waals surface area contributed by atoms with Gasteiger partial charge in [-0.05, 0) is 31.5 Å². The number of amidine groups is 1. The Morgan fingerprint density at radius 3 is 2.57 bits per heavy atom. The van der Waals surface area contributed by atoms with E-state index in [0.717, 1.165) is 0 Å². The van der Waals surface area contributed by atoms with E-state index in [0.29, 0.717) is 27.6 Å². The fraction of sp³-hybridized carbons (Fsp3) is 0.300. The van der Waals surface area contributed by atoms with Crippen LogP contribution in [0.4, 0.5) is 0 Å². The van der Waals surface area contributed by atoms with Gasteiger partial charge >= 0.3 is 11.9 Å². The average molecular weight is 400 g/mol. The van der Waals surface area contributed by atoms with Crippen LogP contribution in [0.25, 0.3) is 0 Å². The van der Waals surface area contributed by atoms with Crippen molar-refractivity contribution in [3.8, 4) is 0 Å². The number of carbonyl (C=O) groups excluding carboxylic acids is 3. The van der Waals surface area contributed by atoms with E-state index in [1.54, 1.807) is 38.1 Å². The molecule has 1 saturated heterocycles. The van der Waals surface area contributed by atoms with Crippen LogP contribution in [0.3, 0.4) is 0 Å². The zero-order valence-corrected chi connectivity index (χ0v) is 16.6. The highest BCUT2D eigenvalue weighted by molar-refractivity contribution is 8.15. The molecule has 7 nitrogen and oxygen atoms in total. The summed E-state index contributed by atoms with van der Waals surface area (Å²) in [7, 11) is 1.31. The number of amides is 1. The summed E-state index contributed by atoms with van der Waals surface area (Å²) in [6.07, 6.45) is 1.48. The molecule has 0 spiro atoms. The quantitative estimate of drug-likeness (QED) is 0.558. The van der Waals surface area contributed by atoms with Crippen LogP contribution in [0.2, 0.25) is 0 Å². The number of carbonyl (C=O) groups is 3. The SMILES string of the molecule is C=CCOC(=O)C1=C(C)N=C2SC(C)C(=O)N2C1c1ccc(C(=O)OC)cc1. The first-order valence-electron chi connectivity index (χ1n) is 8.64. The van der Waals surface area contributed by atoms with E-state index in [9.17, 15) is 14.4 Å². The van der Waals surface area contributed by atoms with Crippen molar-refractivity contribution in [2.75, 3.05) is 13.7 Å². The number of hydrogen-bond acceptors (Lipinski definition) is 7. The highest BCUT2D eigenvalue weighted by Gasteiger charge is 2.46. The molecule has 0 aliphatic carbocycles. The second-order valence-corrected chi connectivity index (χ2v) is 7.57. The van der Waals surface area contributed by atoms with E-state index < -0.39 is 18.0 Å². The summed E-state index contributed by atoms with van der Waals surface area (Å²) in [4.78, 5) is 43.2. The molecule has 28 heavy (non-hydrogen) atoms. The molecule has 1 aromatic carbocycles. The Balaban J connectivity index is 2.08. The number of aliphatic imine (C=N–C) groups is 1. The molecule has 0 N–H and O–H groups in total. The molecule has 8 heteroatoms. The van der Waals surface area contributed by atoms with Gasteiger partial charge in [-0.15, -0.1) is 0 Å². The van der Waals surface area contributed by atoms with Crippen LogP contribution >= 0.6 is 11.8 Å². The molecule has 2 heterocycles. The lowest BCUT2D eigenvalue weighted by atomic mass is 9.93. The minimum Gasteiger partial charge on any atom is -0.465 e. The largest absolute Gasteiger partial charge is 0.465 e. The average Bonchev–Trinajstić information content (AvgIpc) is 2.97.